The van der Waals surface area contributed by atoms with Crippen LogP contribution >= 0.6 is 0 Å². The summed E-state index contributed by atoms with van der Waals surface area (Å²) in [6.45, 7) is 2.21. The van der Waals surface area contributed by atoms with Gasteiger partial charge in [-0.1, -0.05) is 0 Å². The molecule has 0 aliphatic carbocycles. The second kappa shape index (κ2) is 4.38. The first-order valence-corrected chi connectivity index (χ1v) is 5.91. The highest BCUT2D eigenvalue weighted by molar-refractivity contribution is 5.30. The number of nitrogens with one attached hydrogen (secondary N) is 1. The standard InChI is InChI=1S/C12H13FN4O/c13-9-1-3-10(4-2-9)17-12(18)16-8-7-14-6-5-11(16)15-17/h1-4,14H,5-8H2. The van der Waals surface area contributed by atoms with Crippen molar-refractivity contribution in [3.63, 3.8) is 0 Å². The molecular formula is C12H13FN4O. The lowest BCUT2D eigenvalue weighted by atomic mass is 10.3. The van der Waals surface area contributed by atoms with E-state index in [9.17, 15) is 9.18 Å². The average Bonchev–Trinajstić information content (AvgIpc) is 2.57. The van der Waals surface area contributed by atoms with Crippen molar-refractivity contribution in [1.82, 2.24) is 19.7 Å². The quantitative estimate of drug-likeness (QED) is 0.790. The maximum atomic E-state index is 12.9. The maximum Gasteiger partial charge on any atom is 0.350 e. The van der Waals surface area contributed by atoms with Gasteiger partial charge in [0.2, 0.25) is 0 Å². The zero-order valence-electron chi connectivity index (χ0n) is 9.77. The number of hydrogen-bond donors (Lipinski definition) is 1. The summed E-state index contributed by atoms with van der Waals surface area (Å²) in [5.41, 5.74) is 0.426. The highest BCUT2D eigenvalue weighted by Gasteiger charge is 2.16. The Balaban J connectivity index is 2.08. The monoisotopic (exact) mass is 248 g/mol. The summed E-state index contributed by atoms with van der Waals surface area (Å²) in [7, 11) is 0. The molecule has 1 aliphatic rings. The van der Waals surface area contributed by atoms with E-state index in [2.05, 4.69) is 10.4 Å². The van der Waals surface area contributed by atoms with Crippen molar-refractivity contribution in [2.45, 2.75) is 13.0 Å². The van der Waals surface area contributed by atoms with Gasteiger partial charge < -0.3 is 5.32 Å². The summed E-state index contributed by atoms with van der Waals surface area (Å²) >= 11 is 0. The van der Waals surface area contributed by atoms with E-state index in [1.54, 1.807) is 16.7 Å². The second-order valence-corrected chi connectivity index (χ2v) is 4.24. The van der Waals surface area contributed by atoms with Gasteiger partial charge in [-0.25, -0.2) is 9.18 Å². The van der Waals surface area contributed by atoms with E-state index < -0.39 is 0 Å². The molecular weight excluding hydrogens is 235 g/mol. The van der Waals surface area contributed by atoms with Crippen LogP contribution in [0.5, 0.6) is 0 Å². The molecule has 0 amide bonds. The smallest absolute Gasteiger partial charge is 0.315 e. The van der Waals surface area contributed by atoms with Gasteiger partial charge in [-0.05, 0) is 24.3 Å². The first-order chi connectivity index (χ1) is 8.75. The Morgan fingerprint density at radius 3 is 2.78 bits per heavy atom. The fraction of sp³-hybridized carbons (Fsp3) is 0.333. The van der Waals surface area contributed by atoms with Gasteiger partial charge in [0.05, 0.1) is 5.69 Å². The Labute approximate surface area is 103 Å². The van der Waals surface area contributed by atoms with Crippen molar-refractivity contribution in [3.8, 4) is 5.69 Å². The molecule has 5 nitrogen and oxygen atoms in total. The third-order valence-corrected chi connectivity index (χ3v) is 3.05. The number of halogens is 1. The number of aromatic nitrogens is 3. The van der Waals surface area contributed by atoms with Gasteiger partial charge in [-0.3, -0.25) is 4.57 Å². The molecule has 0 fully saturated rings. The number of fused-ring (bicyclic) bond motifs is 1. The molecule has 18 heavy (non-hydrogen) atoms. The van der Waals surface area contributed by atoms with Crippen LogP contribution in [0.2, 0.25) is 0 Å². The third kappa shape index (κ3) is 1.84. The summed E-state index contributed by atoms with van der Waals surface area (Å²) < 4.78 is 15.9. The van der Waals surface area contributed by atoms with E-state index in [0.29, 0.717) is 12.2 Å². The van der Waals surface area contributed by atoms with Crippen LogP contribution in [0.3, 0.4) is 0 Å². The molecule has 2 aromatic rings. The molecule has 0 unspecified atom stereocenters. The van der Waals surface area contributed by atoms with E-state index in [-0.39, 0.29) is 11.5 Å². The van der Waals surface area contributed by atoms with Crippen LogP contribution in [0.1, 0.15) is 5.82 Å². The van der Waals surface area contributed by atoms with Crippen molar-refractivity contribution in [2.24, 2.45) is 0 Å². The van der Waals surface area contributed by atoms with Crippen molar-refractivity contribution in [1.29, 1.82) is 0 Å². The van der Waals surface area contributed by atoms with Gasteiger partial charge >= 0.3 is 5.69 Å². The van der Waals surface area contributed by atoms with Crippen LogP contribution < -0.4 is 11.0 Å². The molecule has 0 atom stereocenters. The molecule has 0 radical (unpaired) electrons. The van der Waals surface area contributed by atoms with Gasteiger partial charge in [-0.15, -0.1) is 5.10 Å². The summed E-state index contributed by atoms with van der Waals surface area (Å²) in [6, 6.07) is 5.77. The molecule has 1 aromatic carbocycles. The molecule has 0 spiro atoms. The zero-order chi connectivity index (χ0) is 12.5. The Morgan fingerprint density at radius 2 is 2.00 bits per heavy atom. The highest BCUT2D eigenvalue weighted by atomic mass is 19.1. The Bertz CT molecular complexity index is 614. The largest absolute Gasteiger partial charge is 0.350 e. The Hall–Kier alpha value is -1.95. The summed E-state index contributed by atoms with van der Waals surface area (Å²) in [6.07, 6.45) is 0.726. The van der Waals surface area contributed by atoms with Crippen molar-refractivity contribution in [3.05, 3.63) is 46.4 Å². The third-order valence-electron chi connectivity index (χ3n) is 3.05. The molecule has 94 valence electrons. The predicted molar refractivity (Wildman–Crippen MR) is 64.4 cm³/mol. The number of rotatable bonds is 1. The summed E-state index contributed by atoms with van der Waals surface area (Å²) in [5, 5.41) is 7.53. The highest BCUT2D eigenvalue weighted by Crippen LogP contribution is 2.07. The van der Waals surface area contributed by atoms with Gasteiger partial charge in [0.15, 0.2) is 0 Å². The zero-order valence-corrected chi connectivity index (χ0v) is 9.77. The molecule has 0 bridgehead atoms. The molecule has 0 saturated heterocycles. The average molecular weight is 248 g/mol. The fourth-order valence-corrected chi connectivity index (χ4v) is 2.11. The van der Waals surface area contributed by atoms with Crippen LogP contribution in [-0.2, 0) is 13.0 Å². The van der Waals surface area contributed by atoms with E-state index in [1.165, 1.54) is 16.8 Å². The van der Waals surface area contributed by atoms with Crippen LogP contribution in [0.4, 0.5) is 4.39 Å². The molecule has 1 N–H and O–H groups in total. The van der Waals surface area contributed by atoms with E-state index in [0.717, 1.165) is 25.3 Å². The van der Waals surface area contributed by atoms with Gasteiger partial charge in [-0.2, -0.15) is 4.68 Å². The predicted octanol–water partition coefficient (Wildman–Crippen LogP) is 0.319. The molecule has 2 heterocycles. The van der Waals surface area contributed by atoms with Crippen LogP contribution in [0.25, 0.3) is 5.69 Å². The molecule has 0 saturated carbocycles. The minimum absolute atomic E-state index is 0.166. The first-order valence-electron chi connectivity index (χ1n) is 5.91. The van der Waals surface area contributed by atoms with Crippen molar-refractivity contribution in [2.75, 3.05) is 13.1 Å². The molecule has 3 rings (SSSR count). The van der Waals surface area contributed by atoms with Crippen LogP contribution in [-0.4, -0.2) is 27.4 Å². The summed E-state index contributed by atoms with van der Waals surface area (Å²) in [4.78, 5) is 12.2. The summed E-state index contributed by atoms with van der Waals surface area (Å²) in [5.74, 6) is 0.450. The lowest BCUT2D eigenvalue weighted by Crippen LogP contribution is -2.27. The Morgan fingerprint density at radius 1 is 1.22 bits per heavy atom. The topological polar surface area (TPSA) is 51.9 Å². The SMILES string of the molecule is O=c1n(-c2ccc(F)cc2)nc2n1CCNCC2. The minimum Gasteiger partial charge on any atom is -0.315 e. The number of hydrogen-bond acceptors (Lipinski definition) is 3. The fourth-order valence-electron chi connectivity index (χ4n) is 2.11. The van der Waals surface area contributed by atoms with Crippen molar-refractivity contribution >= 4 is 0 Å². The van der Waals surface area contributed by atoms with Gasteiger partial charge in [0.25, 0.3) is 0 Å². The van der Waals surface area contributed by atoms with Gasteiger partial charge in [0, 0.05) is 26.1 Å². The van der Waals surface area contributed by atoms with Gasteiger partial charge in [0.1, 0.15) is 11.6 Å². The number of benzene rings is 1. The lowest BCUT2D eigenvalue weighted by molar-refractivity contribution is 0.619. The molecule has 1 aromatic heterocycles. The van der Waals surface area contributed by atoms with Crippen molar-refractivity contribution < 1.29 is 4.39 Å². The van der Waals surface area contributed by atoms with E-state index in [4.69, 9.17) is 0 Å². The first kappa shape index (κ1) is 11.2. The molecule has 1 aliphatic heterocycles. The number of nitrogens with zero attached hydrogens (tertiary/aromatic N) is 3. The van der Waals surface area contributed by atoms with Crippen LogP contribution in [0, 0.1) is 5.82 Å². The van der Waals surface area contributed by atoms with E-state index in [1.807, 2.05) is 0 Å². The molecule has 6 heteroatoms. The Kier molecular flexibility index (Phi) is 2.71. The van der Waals surface area contributed by atoms with E-state index >= 15 is 0 Å². The lowest BCUT2D eigenvalue weighted by Gasteiger charge is -2.00. The minimum atomic E-state index is -0.322. The van der Waals surface area contributed by atoms with Crippen LogP contribution in [0.15, 0.2) is 29.1 Å². The maximum absolute atomic E-state index is 12.9. The second-order valence-electron chi connectivity index (χ2n) is 4.24. The normalized spacial score (nSPS) is 15.2.